The molecule has 1 aromatic carbocycles. The molecule has 1 heterocycles. The van der Waals surface area contributed by atoms with Gasteiger partial charge in [-0.25, -0.2) is 9.37 Å². The Bertz CT molecular complexity index is 571. The molecule has 0 aliphatic heterocycles. The zero-order chi connectivity index (χ0) is 13.1. The molecule has 1 atom stereocenters. The minimum atomic E-state index is -0.837. The molecule has 0 saturated heterocycles. The first kappa shape index (κ1) is 12.7. The van der Waals surface area contributed by atoms with Crippen LogP contribution in [0.25, 0.3) is 0 Å². The average Bonchev–Trinajstić information content (AvgIpc) is 2.38. The summed E-state index contributed by atoms with van der Waals surface area (Å²) in [5.41, 5.74) is 6.78. The third kappa shape index (κ3) is 2.72. The number of nitrogens with zero attached hydrogens (tertiary/aromatic N) is 1. The first-order chi connectivity index (χ1) is 8.58. The van der Waals surface area contributed by atoms with Crippen LogP contribution < -0.4 is 5.73 Å². The highest BCUT2D eigenvalue weighted by molar-refractivity contribution is 6.29. The maximum Gasteiger partial charge on any atom is 0.184 e. The van der Waals surface area contributed by atoms with Crippen molar-refractivity contribution in [1.82, 2.24) is 4.98 Å². The number of pyridine rings is 1. The van der Waals surface area contributed by atoms with Gasteiger partial charge in [0.15, 0.2) is 5.78 Å². The van der Waals surface area contributed by atoms with Crippen LogP contribution in [0.4, 0.5) is 4.39 Å². The molecule has 0 saturated carbocycles. The van der Waals surface area contributed by atoms with E-state index in [1.807, 2.05) is 0 Å². The van der Waals surface area contributed by atoms with E-state index in [2.05, 4.69) is 4.98 Å². The van der Waals surface area contributed by atoms with Gasteiger partial charge in [-0.05, 0) is 42.0 Å². The van der Waals surface area contributed by atoms with E-state index in [0.717, 1.165) is 0 Å². The van der Waals surface area contributed by atoms with Gasteiger partial charge in [0.25, 0.3) is 0 Å². The maximum absolute atomic E-state index is 12.8. The van der Waals surface area contributed by atoms with E-state index >= 15 is 0 Å². The van der Waals surface area contributed by atoms with Gasteiger partial charge in [0, 0.05) is 11.8 Å². The topological polar surface area (TPSA) is 56.0 Å². The van der Waals surface area contributed by atoms with Crippen LogP contribution in [0.3, 0.4) is 0 Å². The minimum absolute atomic E-state index is 0.273. The van der Waals surface area contributed by atoms with Crippen molar-refractivity contribution in [2.45, 2.75) is 6.04 Å². The Morgan fingerprint density at radius 3 is 2.56 bits per heavy atom. The molecule has 5 heteroatoms. The van der Waals surface area contributed by atoms with E-state index in [4.69, 9.17) is 17.3 Å². The smallest absolute Gasteiger partial charge is 0.184 e. The lowest BCUT2D eigenvalue weighted by Gasteiger charge is -2.11. The van der Waals surface area contributed by atoms with Crippen LogP contribution >= 0.6 is 11.6 Å². The van der Waals surface area contributed by atoms with Gasteiger partial charge in [-0.3, -0.25) is 4.79 Å². The molecule has 2 rings (SSSR count). The Labute approximate surface area is 108 Å². The third-order valence-corrected chi connectivity index (χ3v) is 2.73. The third-order valence-electron chi connectivity index (χ3n) is 2.52. The Kier molecular flexibility index (Phi) is 3.69. The standard InChI is InChI=1S/C13H10ClFN2O/c14-11-7-9(5-6-17-11)12(16)13(18)8-1-3-10(15)4-2-8/h1-7,12H,16H2. The number of halogens is 2. The number of ketones is 1. The molecule has 1 aromatic heterocycles. The van der Waals surface area contributed by atoms with E-state index < -0.39 is 11.9 Å². The number of hydrogen-bond donors (Lipinski definition) is 1. The van der Waals surface area contributed by atoms with Crippen molar-refractivity contribution in [3.05, 3.63) is 64.7 Å². The summed E-state index contributed by atoms with van der Waals surface area (Å²) < 4.78 is 12.8. The summed E-state index contributed by atoms with van der Waals surface area (Å²) in [6, 6.07) is 7.57. The van der Waals surface area contributed by atoms with Crippen LogP contribution in [-0.2, 0) is 0 Å². The number of hydrogen-bond acceptors (Lipinski definition) is 3. The average molecular weight is 265 g/mol. The lowest BCUT2D eigenvalue weighted by molar-refractivity contribution is 0.0961. The zero-order valence-corrected chi connectivity index (χ0v) is 10.1. The maximum atomic E-state index is 12.8. The molecule has 0 aliphatic rings. The van der Waals surface area contributed by atoms with Crippen LogP contribution in [0.15, 0.2) is 42.6 Å². The summed E-state index contributed by atoms with van der Waals surface area (Å²) in [5, 5.41) is 0.273. The SMILES string of the molecule is NC(C(=O)c1ccc(F)cc1)c1ccnc(Cl)c1. The fourth-order valence-corrected chi connectivity index (χ4v) is 1.74. The number of aromatic nitrogens is 1. The van der Waals surface area contributed by atoms with E-state index in [9.17, 15) is 9.18 Å². The summed E-state index contributed by atoms with van der Waals surface area (Å²) in [4.78, 5) is 15.9. The summed E-state index contributed by atoms with van der Waals surface area (Å²) >= 11 is 5.73. The van der Waals surface area contributed by atoms with E-state index in [1.54, 1.807) is 6.07 Å². The highest BCUT2D eigenvalue weighted by atomic mass is 35.5. The van der Waals surface area contributed by atoms with Crippen molar-refractivity contribution in [3.63, 3.8) is 0 Å². The van der Waals surface area contributed by atoms with Gasteiger partial charge in [-0.15, -0.1) is 0 Å². The molecule has 0 radical (unpaired) electrons. The highest BCUT2D eigenvalue weighted by Gasteiger charge is 2.18. The van der Waals surface area contributed by atoms with Crippen LogP contribution in [0.5, 0.6) is 0 Å². The fraction of sp³-hybridized carbons (Fsp3) is 0.0769. The van der Waals surface area contributed by atoms with Gasteiger partial charge in [0.05, 0.1) is 6.04 Å². The van der Waals surface area contributed by atoms with Crippen molar-refractivity contribution in [2.75, 3.05) is 0 Å². The number of benzene rings is 1. The molecule has 0 fully saturated rings. The van der Waals surface area contributed by atoms with Crippen LogP contribution in [0.2, 0.25) is 5.15 Å². The van der Waals surface area contributed by atoms with Gasteiger partial charge in [-0.2, -0.15) is 0 Å². The van der Waals surface area contributed by atoms with Crippen molar-refractivity contribution in [1.29, 1.82) is 0 Å². The van der Waals surface area contributed by atoms with E-state index in [-0.39, 0.29) is 10.9 Å². The quantitative estimate of drug-likeness (QED) is 0.685. The Hall–Kier alpha value is -1.78. The zero-order valence-electron chi connectivity index (χ0n) is 9.31. The summed E-state index contributed by atoms with van der Waals surface area (Å²) in [6.07, 6.45) is 1.48. The molecule has 92 valence electrons. The van der Waals surface area contributed by atoms with E-state index in [1.165, 1.54) is 36.5 Å². The second-order valence-electron chi connectivity index (χ2n) is 3.76. The molecule has 2 N–H and O–H groups in total. The molecular formula is C13H10ClFN2O. The molecule has 3 nitrogen and oxygen atoms in total. The first-order valence-electron chi connectivity index (χ1n) is 5.25. The van der Waals surface area contributed by atoms with Crippen molar-refractivity contribution in [3.8, 4) is 0 Å². The van der Waals surface area contributed by atoms with Crippen molar-refractivity contribution < 1.29 is 9.18 Å². The molecular weight excluding hydrogens is 255 g/mol. The summed E-state index contributed by atoms with van der Waals surface area (Å²) in [7, 11) is 0. The van der Waals surface area contributed by atoms with Crippen molar-refractivity contribution in [2.24, 2.45) is 5.73 Å². The number of Topliss-reactive ketones (excluding diaryl/α,β-unsaturated/α-hetero) is 1. The molecule has 1 unspecified atom stereocenters. The molecule has 0 spiro atoms. The molecule has 2 aromatic rings. The normalized spacial score (nSPS) is 12.2. The number of rotatable bonds is 3. The Morgan fingerprint density at radius 2 is 1.94 bits per heavy atom. The number of nitrogens with two attached hydrogens (primary N) is 1. The number of carbonyl (C=O) groups is 1. The Balaban J connectivity index is 2.26. The highest BCUT2D eigenvalue weighted by Crippen LogP contribution is 2.18. The van der Waals surface area contributed by atoms with Gasteiger partial charge in [-0.1, -0.05) is 11.6 Å². The van der Waals surface area contributed by atoms with Gasteiger partial charge in [0.1, 0.15) is 11.0 Å². The van der Waals surface area contributed by atoms with Gasteiger partial charge >= 0.3 is 0 Å². The molecule has 0 amide bonds. The minimum Gasteiger partial charge on any atom is -0.318 e. The lowest BCUT2D eigenvalue weighted by atomic mass is 9.99. The molecule has 18 heavy (non-hydrogen) atoms. The van der Waals surface area contributed by atoms with Crippen molar-refractivity contribution >= 4 is 17.4 Å². The fourth-order valence-electron chi connectivity index (χ4n) is 1.56. The predicted molar refractivity (Wildman–Crippen MR) is 66.9 cm³/mol. The van der Waals surface area contributed by atoms with Gasteiger partial charge in [0.2, 0.25) is 0 Å². The number of carbonyl (C=O) groups excluding carboxylic acids is 1. The lowest BCUT2D eigenvalue weighted by Crippen LogP contribution is -2.21. The summed E-state index contributed by atoms with van der Waals surface area (Å²) in [6.45, 7) is 0. The van der Waals surface area contributed by atoms with Crippen LogP contribution in [0.1, 0.15) is 22.0 Å². The largest absolute Gasteiger partial charge is 0.318 e. The van der Waals surface area contributed by atoms with Crippen LogP contribution in [-0.4, -0.2) is 10.8 Å². The predicted octanol–water partition coefficient (Wildman–Crippen LogP) is 2.76. The second-order valence-corrected chi connectivity index (χ2v) is 4.15. The molecule has 0 aliphatic carbocycles. The van der Waals surface area contributed by atoms with E-state index in [0.29, 0.717) is 11.1 Å². The van der Waals surface area contributed by atoms with Crippen LogP contribution in [0, 0.1) is 5.82 Å². The Morgan fingerprint density at radius 1 is 1.28 bits per heavy atom. The summed E-state index contributed by atoms with van der Waals surface area (Å²) in [5.74, 6) is -0.690. The van der Waals surface area contributed by atoms with Gasteiger partial charge < -0.3 is 5.73 Å². The first-order valence-corrected chi connectivity index (χ1v) is 5.62. The monoisotopic (exact) mass is 264 g/mol. The second kappa shape index (κ2) is 5.25. The molecule has 0 bridgehead atoms.